The Kier molecular flexibility index (Phi) is 3.33. The number of amides is 1. The molecule has 7 nitrogen and oxygen atoms in total. The lowest BCUT2D eigenvalue weighted by molar-refractivity contribution is -0.391. The van der Waals surface area contributed by atoms with Crippen LogP contribution in [0.5, 0.6) is 0 Å². The molecule has 0 saturated carbocycles. The van der Waals surface area contributed by atoms with Gasteiger partial charge in [-0.25, -0.2) is 4.57 Å². The second kappa shape index (κ2) is 4.77. The lowest BCUT2D eigenvalue weighted by atomic mass is 10.2. The molecule has 1 aromatic rings. The van der Waals surface area contributed by atoms with Crippen molar-refractivity contribution in [2.45, 2.75) is 12.5 Å². The first-order chi connectivity index (χ1) is 8.52. The van der Waals surface area contributed by atoms with Crippen molar-refractivity contribution in [2.75, 3.05) is 20.1 Å². The summed E-state index contributed by atoms with van der Waals surface area (Å²) in [7, 11) is 3.27. The normalized spacial score (nSPS) is 18.9. The van der Waals surface area contributed by atoms with Crippen LogP contribution in [-0.2, 0) is 7.05 Å². The van der Waals surface area contributed by atoms with Crippen molar-refractivity contribution >= 4 is 11.7 Å². The molecular weight excluding hydrogens is 236 g/mol. The average molecular weight is 252 g/mol. The van der Waals surface area contributed by atoms with Gasteiger partial charge >= 0.3 is 5.82 Å². The van der Waals surface area contributed by atoms with E-state index < -0.39 is 4.92 Å². The van der Waals surface area contributed by atoms with Crippen LogP contribution in [0.2, 0.25) is 0 Å². The Morgan fingerprint density at radius 2 is 2.33 bits per heavy atom. The van der Waals surface area contributed by atoms with Gasteiger partial charge in [0.05, 0.1) is 7.05 Å². The molecule has 1 amide bonds. The zero-order valence-corrected chi connectivity index (χ0v) is 10.4. The number of aromatic nitrogens is 1. The monoisotopic (exact) mass is 252 g/mol. The third kappa shape index (κ3) is 2.08. The summed E-state index contributed by atoms with van der Waals surface area (Å²) < 4.78 is 1.32. The van der Waals surface area contributed by atoms with Gasteiger partial charge in [0.2, 0.25) is 0 Å². The van der Waals surface area contributed by atoms with E-state index in [0.29, 0.717) is 5.69 Å². The number of carbonyl (C=O) groups excluding carboxylic acids is 1. The van der Waals surface area contributed by atoms with E-state index in [0.717, 1.165) is 19.5 Å². The Morgan fingerprint density at radius 1 is 1.61 bits per heavy atom. The molecule has 2 heterocycles. The minimum Gasteiger partial charge on any atom is -0.358 e. The molecule has 98 valence electrons. The van der Waals surface area contributed by atoms with Crippen molar-refractivity contribution in [3.63, 3.8) is 0 Å². The summed E-state index contributed by atoms with van der Waals surface area (Å²) in [5.41, 5.74) is 0.344. The Bertz CT molecular complexity index is 477. The molecule has 7 heteroatoms. The van der Waals surface area contributed by atoms with Crippen LogP contribution < -0.4 is 5.32 Å². The molecule has 2 rings (SSSR count). The number of hydrogen-bond acceptors (Lipinski definition) is 4. The molecule has 1 saturated heterocycles. The summed E-state index contributed by atoms with van der Waals surface area (Å²) in [4.78, 5) is 24.1. The fourth-order valence-corrected chi connectivity index (χ4v) is 2.22. The molecule has 1 N–H and O–H groups in total. The summed E-state index contributed by atoms with van der Waals surface area (Å²) >= 11 is 0. The average Bonchev–Trinajstić information content (AvgIpc) is 2.95. The fraction of sp³-hybridized carbons (Fsp3) is 0.545. The van der Waals surface area contributed by atoms with E-state index in [-0.39, 0.29) is 17.8 Å². The summed E-state index contributed by atoms with van der Waals surface area (Å²) in [5.74, 6) is -0.254. The van der Waals surface area contributed by atoms with Crippen molar-refractivity contribution in [3.8, 4) is 0 Å². The van der Waals surface area contributed by atoms with Crippen LogP contribution in [0.15, 0.2) is 12.1 Å². The molecular formula is C11H16N4O3. The van der Waals surface area contributed by atoms with E-state index in [1.807, 2.05) is 0 Å². The second-order valence-electron chi connectivity index (χ2n) is 4.46. The highest BCUT2D eigenvalue weighted by Crippen LogP contribution is 2.18. The second-order valence-corrected chi connectivity index (χ2v) is 4.46. The summed E-state index contributed by atoms with van der Waals surface area (Å²) in [6.07, 6.45) is 0.911. The van der Waals surface area contributed by atoms with E-state index in [9.17, 15) is 14.9 Å². The number of hydrogen-bond donors (Lipinski definition) is 1. The van der Waals surface area contributed by atoms with Gasteiger partial charge in [0.15, 0.2) is 5.69 Å². The number of nitro groups is 1. The number of rotatable bonds is 3. The van der Waals surface area contributed by atoms with E-state index in [4.69, 9.17) is 0 Å². The van der Waals surface area contributed by atoms with Crippen LogP contribution in [0.3, 0.4) is 0 Å². The molecule has 1 atom stereocenters. The minimum atomic E-state index is -0.492. The van der Waals surface area contributed by atoms with Gasteiger partial charge in [-0.05, 0) is 24.0 Å². The van der Waals surface area contributed by atoms with Crippen LogP contribution in [0.25, 0.3) is 0 Å². The minimum absolute atomic E-state index is 0.0729. The maximum Gasteiger partial charge on any atom is 0.323 e. The first-order valence-electron chi connectivity index (χ1n) is 5.80. The van der Waals surface area contributed by atoms with Gasteiger partial charge in [0.1, 0.15) is 0 Å². The molecule has 1 aliphatic rings. The van der Waals surface area contributed by atoms with Crippen LogP contribution in [0.4, 0.5) is 5.82 Å². The molecule has 0 aliphatic carbocycles. The van der Waals surface area contributed by atoms with Gasteiger partial charge in [0.25, 0.3) is 5.91 Å². The predicted molar refractivity (Wildman–Crippen MR) is 65.4 cm³/mol. The maximum absolute atomic E-state index is 12.2. The van der Waals surface area contributed by atoms with Crippen LogP contribution >= 0.6 is 0 Å². The molecule has 0 spiro atoms. The lowest BCUT2D eigenvalue weighted by Gasteiger charge is -2.22. The summed E-state index contributed by atoms with van der Waals surface area (Å²) in [6.45, 7) is 1.67. The Hall–Kier alpha value is -1.89. The van der Waals surface area contributed by atoms with E-state index in [2.05, 4.69) is 5.32 Å². The fourth-order valence-electron chi connectivity index (χ4n) is 2.22. The zero-order chi connectivity index (χ0) is 13.3. The van der Waals surface area contributed by atoms with Gasteiger partial charge in [-0.1, -0.05) is 0 Å². The molecule has 1 unspecified atom stereocenters. The molecule has 1 aromatic heterocycles. The predicted octanol–water partition coefficient (Wildman–Crippen LogP) is 0.367. The Labute approximate surface area is 105 Å². The highest BCUT2D eigenvalue weighted by molar-refractivity contribution is 5.93. The van der Waals surface area contributed by atoms with Crippen molar-refractivity contribution in [1.29, 1.82) is 0 Å². The molecule has 1 aliphatic heterocycles. The van der Waals surface area contributed by atoms with Crippen LogP contribution in [0.1, 0.15) is 16.9 Å². The molecule has 0 bridgehead atoms. The van der Waals surface area contributed by atoms with Crippen molar-refractivity contribution in [3.05, 3.63) is 27.9 Å². The van der Waals surface area contributed by atoms with Gasteiger partial charge in [-0.2, -0.15) is 0 Å². The highest BCUT2D eigenvalue weighted by Gasteiger charge is 2.28. The SMILES string of the molecule is CN(C(=O)c1ccc([N+](=O)[O-])n1C)C1CCNC1. The molecule has 1 fully saturated rings. The number of nitrogens with zero attached hydrogens (tertiary/aromatic N) is 3. The van der Waals surface area contributed by atoms with Gasteiger partial charge in [0, 0.05) is 25.7 Å². The molecule has 0 aromatic carbocycles. The molecule has 18 heavy (non-hydrogen) atoms. The third-order valence-electron chi connectivity index (χ3n) is 3.40. The number of nitrogens with one attached hydrogen (secondary N) is 1. The van der Waals surface area contributed by atoms with E-state index in [1.54, 1.807) is 11.9 Å². The quantitative estimate of drug-likeness (QED) is 0.622. The topological polar surface area (TPSA) is 80.4 Å². The van der Waals surface area contributed by atoms with Crippen molar-refractivity contribution < 1.29 is 9.72 Å². The van der Waals surface area contributed by atoms with Crippen LogP contribution in [0, 0.1) is 10.1 Å². The Balaban J connectivity index is 2.20. The van der Waals surface area contributed by atoms with Gasteiger partial charge in [-0.15, -0.1) is 0 Å². The zero-order valence-electron chi connectivity index (χ0n) is 10.4. The van der Waals surface area contributed by atoms with Crippen molar-refractivity contribution in [1.82, 2.24) is 14.8 Å². The largest absolute Gasteiger partial charge is 0.358 e. The van der Waals surface area contributed by atoms with Crippen molar-refractivity contribution in [2.24, 2.45) is 7.05 Å². The summed E-state index contributed by atoms with van der Waals surface area (Å²) in [5, 5.41) is 13.9. The van der Waals surface area contributed by atoms with E-state index in [1.165, 1.54) is 23.7 Å². The van der Waals surface area contributed by atoms with Crippen LogP contribution in [-0.4, -0.2) is 46.5 Å². The number of likely N-dealkylation sites (N-methyl/N-ethyl adjacent to an activating group) is 1. The Morgan fingerprint density at radius 3 is 2.83 bits per heavy atom. The first-order valence-corrected chi connectivity index (χ1v) is 5.80. The van der Waals surface area contributed by atoms with Gasteiger partial charge in [-0.3, -0.25) is 4.79 Å². The highest BCUT2D eigenvalue weighted by atomic mass is 16.6. The smallest absolute Gasteiger partial charge is 0.323 e. The molecule has 0 radical (unpaired) electrons. The third-order valence-corrected chi connectivity index (χ3v) is 3.40. The lowest BCUT2D eigenvalue weighted by Crippen LogP contribution is -2.39. The van der Waals surface area contributed by atoms with E-state index >= 15 is 0 Å². The standard InChI is InChI=1S/C11H16N4O3/c1-13(8-5-6-12-7-8)11(16)9-3-4-10(14(9)2)15(17)18/h3-4,8,12H,5-7H2,1-2H3. The summed E-state index contributed by atoms with van der Waals surface area (Å²) in [6, 6.07) is 3.01. The van der Waals surface area contributed by atoms with Gasteiger partial charge < -0.3 is 20.3 Å². The first kappa shape index (κ1) is 12.6. The maximum atomic E-state index is 12.2. The number of carbonyl (C=O) groups is 1.